The van der Waals surface area contributed by atoms with Crippen LogP contribution in [0, 0.1) is 0 Å². The van der Waals surface area contributed by atoms with E-state index < -0.39 is 0 Å². The molecule has 0 atom stereocenters. The van der Waals surface area contributed by atoms with Crippen LogP contribution in [0.1, 0.15) is 16.1 Å². The molecule has 0 amide bonds. The number of fused-ring (bicyclic) bond motifs is 1. The molecule has 1 aliphatic rings. The molecule has 0 aliphatic carbocycles. The van der Waals surface area contributed by atoms with E-state index in [1.54, 1.807) is 0 Å². The van der Waals surface area contributed by atoms with Crippen molar-refractivity contribution >= 4 is 23.5 Å². The normalized spacial score (nSPS) is 16.5. The lowest BCUT2D eigenvalue weighted by atomic mass is 10.1. The number of Topliss-reactive ketones (excluding diaryl/α,β-unsaturated/α-hetero) is 1. The third-order valence-corrected chi connectivity index (χ3v) is 3.27. The van der Waals surface area contributed by atoms with Crippen LogP contribution in [-0.4, -0.2) is 10.4 Å². The molecule has 1 aromatic heterocycles. The summed E-state index contributed by atoms with van der Waals surface area (Å²) in [6.45, 7) is 0.631. The zero-order valence-corrected chi connectivity index (χ0v) is 9.82. The summed E-state index contributed by atoms with van der Waals surface area (Å²) in [5.74, 6) is 0.0925. The first-order valence-corrected chi connectivity index (χ1v) is 5.78. The maximum atomic E-state index is 12.0. The molecular formula is C14H10ClNO. The molecule has 0 spiro atoms. The number of aromatic nitrogens is 1. The Bertz CT molecular complexity index is 625. The third-order valence-electron chi connectivity index (χ3n) is 2.93. The van der Waals surface area contributed by atoms with Crippen LogP contribution in [0.3, 0.4) is 0 Å². The number of hydrogen-bond donors (Lipinski definition) is 0. The SMILES string of the molecule is O=C1/C(=C/c2ccccc2Cl)Cn2cccc21. The molecule has 1 aliphatic heterocycles. The van der Waals surface area contributed by atoms with Gasteiger partial charge in [0.1, 0.15) is 0 Å². The second-order valence-electron chi connectivity index (χ2n) is 4.04. The predicted octanol–water partition coefficient (Wildman–Crippen LogP) is 3.42. The Morgan fingerprint density at radius 2 is 2.00 bits per heavy atom. The van der Waals surface area contributed by atoms with Gasteiger partial charge in [0.15, 0.2) is 0 Å². The fourth-order valence-corrected chi connectivity index (χ4v) is 2.26. The fourth-order valence-electron chi connectivity index (χ4n) is 2.07. The third kappa shape index (κ3) is 1.71. The van der Waals surface area contributed by atoms with E-state index in [-0.39, 0.29) is 5.78 Å². The lowest BCUT2D eigenvalue weighted by molar-refractivity contribution is 0.103. The standard InChI is InChI=1S/C14H10ClNO/c15-12-5-2-1-4-10(12)8-11-9-16-7-3-6-13(16)14(11)17/h1-8H,9H2/b11-8+. The highest BCUT2D eigenvalue weighted by Gasteiger charge is 2.23. The molecule has 0 saturated carbocycles. The maximum Gasteiger partial charge on any atom is 0.207 e. The van der Waals surface area contributed by atoms with Gasteiger partial charge in [0.25, 0.3) is 0 Å². The number of allylic oxidation sites excluding steroid dienone is 1. The van der Waals surface area contributed by atoms with Crippen LogP contribution in [0.2, 0.25) is 5.02 Å². The Morgan fingerprint density at radius 1 is 1.18 bits per heavy atom. The van der Waals surface area contributed by atoms with E-state index in [4.69, 9.17) is 11.6 Å². The number of carbonyl (C=O) groups excluding carboxylic acids is 1. The van der Waals surface area contributed by atoms with Crippen LogP contribution in [-0.2, 0) is 6.54 Å². The van der Waals surface area contributed by atoms with Gasteiger partial charge in [-0.15, -0.1) is 0 Å². The molecular weight excluding hydrogens is 234 g/mol. The summed E-state index contributed by atoms with van der Waals surface area (Å²) in [5.41, 5.74) is 2.43. The van der Waals surface area contributed by atoms with Crippen LogP contribution in [0.4, 0.5) is 0 Å². The molecule has 0 radical (unpaired) electrons. The monoisotopic (exact) mass is 243 g/mol. The zero-order chi connectivity index (χ0) is 11.8. The first-order valence-electron chi connectivity index (χ1n) is 5.40. The van der Waals surface area contributed by atoms with Crippen LogP contribution in [0.5, 0.6) is 0 Å². The minimum absolute atomic E-state index is 0.0925. The van der Waals surface area contributed by atoms with Crippen LogP contribution in [0.15, 0.2) is 48.2 Å². The lowest BCUT2D eigenvalue weighted by Crippen LogP contribution is -1.94. The molecule has 3 heteroatoms. The van der Waals surface area contributed by atoms with E-state index in [0.717, 1.165) is 16.8 Å². The van der Waals surface area contributed by atoms with Crippen LogP contribution in [0.25, 0.3) is 6.08 Å². The van der Waals surface area contributed by atoms with Crippen molar-refractivity contribution in [1.82, 2.24) is 4.57 Å². The first kappa shape index (κ1) is 10.4. The second-order valence-corrected chi connectivity index (χ2v) is 4.45. The molecule has 17 heavy (non-hydrogen) atoms. The molecule has 1 aromatic carbocycles. The molecule has 3 rings (SSSR count). The van der Waals surface area contributed by atoms with Crippen molar-refractivity contribution in [2.24, 2.45) is 0 Å². The molecule has 2 aromatic rings. The Hall–Kier alpha value is -1.80. The molecule has 2 nitrogen and oxygen atoms in total. The summed E-state index contributed by atoms with van der Waals surface area (Å²) in [7, 11) is 0. The van der Waals surface area contributed by atoms with Gasteiger partial charge in [-0.05, 0) is 29.8 Å². The van der Waals surface area contributed by atoms with Crippen molar-refractivity contribution in [1.29, 1.82) is 0 Å². The average Bonchev–Trinajstić information content (AvgIpc) is 2.87. The minimum Gasteiger partial charge on any atom is -0.340 e. The molecule has 0 bridgehead atoms. The Labute approximate surface area is 104 Å². The molecule has 0 N–H and O–H groups in total. The quantitative estimate of drug-likeness (QED) is 0.704. The van der Waals surface area contributed by atoms with E-state index >= 15 is 0 Å². The van der Waals surface area contributed by atoms with E-state index in [1.165, 1.54) is 0 Å². The zero-order valence-electron chi connectivity index (χ0n) is 9.06. The number of benzene rings is 1. The summed E-state index contributed by atoms with van der Waals surface area (Å²) in [6, 6.07) is 11.3. The van der Waals surface area contributed by atoms with Crippen molar-refractivity contribution in [2.45, 2.75) is 6.54 Å². The van der Waals surface area contributed by atoms with E-state index in [9.17, 15) is 4.79 Å². The van der Waals surface area contributed by atoms with Gasteiger partial charge in [0.2, 0.25) is 5.78 Å². The Balaban J connectivity index is 2.01. The minimum atomic E-state index is 0.0925. The van der Waals surface area contributed by atoms with Gasteiger partial charge in [-0.3, -0.25) is 4.79 Å². The maximum absolute atomic E-state index is 12.0. The summed E-state index contributed by atoms with van der Waals surface area (Å²) in [5, 5.41) is 0.671. The van der Waals surface area contributed by atoms with Gasteiger partial charge in [0.05, 0.1) is 12.2 Å². The van der Waals surface area contributed by atoms with Crippen LogP contribution < -0.4 is 0 Å². The molecule has 84 valence electrons. The predicted molar refractivity (Wildman–Crippen MR) is 68.2 cm³/mol. The molecule has 0 unspecified atom stereocenters. The Morgan fingerprint density at radius 3 is 2.76 bits per heavy atom. The first-order chi connectivity index (χ1) is 8.25. The number of rotatable bonds is 1. The van der Waals surface area contributed by atoms with E-state index in [0.29, 0.717) is 11.6 Å². The van der Waals surface area contributed by atoms with Gasteiger partial charge in [-0.2, -0.15) is 0 Å². The van der Waals surface area contributed by atoms with Crippen molar-refractivity contribution in [3.63, 3.8) is 0 Å². The largest absolute Gasteiger partial charge is 0.340 e. The Kier molecular flexibility index (Phi) is 2.37. The number of carbonyl (C=O) groups is 1. The highest BCUT2D eigenvalue weighted by molar-refractivity contribution is 6.32. The average molecular weight is 244 g/mol. The van der Waals surface area contributed by atoms with Crippen molar-refractivity contribution in [3.05, 3.63) is 64.4 Å². The fraction of sp³-hybridized carbons (Fsp3) is 0.0714. The highest BCUT2D eigenvalue weighted by atomic mass is 35.5. The van der Waals surface area contributed by atoms with Gasteiger partial charge in [-0.25, -0.2) is 0 Å². The van der Waals surface area contributed by atoms with Crippen LogP contribution >= 0.6 is 11.6 Å². The summed E-state index contributed by atoms with van der Waals surface area (Å²) in [6.07, 6.45) is 3.79. The van der Waals surface area contributed by atoms with E-state index in [1.807, 2.05) is 53.2 Å². The van der Waals surface area contributed by atoms with E-state index in [2.05, 4.69) is 0 Å². The molecule has 0 saturated heterocycles. The number of halogens is 1. The highest BCUT2D eigenvalue weighted by Crippen LogP contribution is 2.25. The molecule has 0 fully saturated rings. The van der Waals surface area contributed by atoms with Gasteiger partial charge in [0, 0.05) is 16.8 Å². The summed E-state index contributed by atoms with van der Waals surface area (Å²) >= 11 is 6.07. The van der Waals surface area contributed by atoms with Crippen molar-refractivity contribution in [3.8, 4) is 0 Å². The van der Waals surface area contributed by atoms with Gasteiger partial charge >= 0.3 is 0 Å². The lowest BCUT2D eigenvalue weighted by Gasteiger charge is -1.99. The summed E-state index contributed by atoms with van der Waals surface area (Å²) < 4.78 is 1.95. The van der Waals surface area contributed by atoms with Crippen molar-refractivity contribution < 1.29 is 4.79 Å². The number of nitrogens with zero attached hydrogens (tertiary/aromatic N) is 1. The number of ketones is 1. The second kappa shape index (κ2) is 3.90. The number of hydrogen-bond acceptors (Lipinski definition) is 1. The summed E-state index contributed by atoms with van der Waals surface area (Å²) in [4.78, 5) is 12.0. The topological polar surface area (TPSA) is 22.0 Å². The smallest absolute Gasteiger partial charge is 0.207 e. The van der Waals surface area contributed by atoms with Gasteiger partial charge in [-0.1, -0.05) is 29.8 Å². The molecule has 2 heterocycles. The van der Waals surface area contributed by atoms with Crippen molar-refractivity contribution in [2.75, 3.05) is 0 Å². The van der Waals surface area contributed by atoms with Gasteiger partial charge < -0.3 is 4.57 Å².